The van der Waals surface area contributed by atoms with Crippen LogP contribution in [0, 0.1) is 11.8 Å². The molecule has 0 aliphatic heterocycles. The number of ether oxygens (including phenoxy) is 2. The summed E-state index contributed by atoms with van der Waals surface area (Å²) in [7, 11) is 1.67. The minimum Gasteiger partial charge on any atom is -0.497 e. The zero-order valence-corrected chi connectivity index (χ0v) is 19.2. The van der Waals surface area contributed by atoms with Crippen LogP contribution in [-0.2, 0) is 16.0 Å². The molecule has 0 spiro atoms. The average molecular weight is 429 g/mol. The Morgan fingerprint density at radius 2 is 1.41 bits per heavy atom. The van der Waals surface area contributed by atoms with E-state index in [2.05, 4.69) is 49.4 Å². The second kappa shape index (κ2) is 11.9. The fraction of sp³-hybridized carbons (Fsp3) is 0.276. The Balaban J connectivity index is 2.02. The minimum absolute atomic E-state index is 0.116. The number of benzene rings is 3. The second-order valence-electron chi connectivity index (χ2n) is 7.81. The molecule has 0 heterocycles. The van der Waals surface area contributed by atoms with Gasteiger partial charge in [0.25, 0.3) is 0 Å². The lowest BCUT2D eigenvalue weighted by Crippen LogP contribution is -2.26. The van der Waals surface area contributed by atoms with Crippen LogP contribution in [0.5, 0.6) is 5.75 Å². The molecule has 0 aliphatic rings. The van der Waals surface area contributed by atoms with Crippen molar-refractivity contribution in [3.63, 3.8) is 0 Å². The maximum atomic E-state index is 13.1. The van der Waals surface area contributed by atoms with E-state index in [0.717, 1.165) is 35.3 Å². The predicted molar refractivity (Wildman–Crippen MR) is 131 cm³/mol. The summed E-state index contributed by atoms with van der Waals surface area (Å²) < 4.78 is 10.8. The van der Waals surface area contributed by atoms with Gasteiger partial charge in [-0.15, -0.1) is 0 Å². The van der Waals surface area contributed by atoms with Crippen molar-refractivity contribution in [3.8, 4) is 5.75 Å². The Morgan fingerprint density at radius 1 is 0.844 bits per heavy atom. The summed E-state index contributed by atoms with van der Waals surface area (Å²) in [5, 5.41) is 0. The molecule has 0 N–H and O–H groups in total. The van der Waals surface area contributed by atoms with Crippen LogP contribution in [0.4, 0.5) is 0 Å². The van der Waals surface area contributed by atoms with E-state index in [0.29, 0.717) is 6.61 Å². The molecule has 0 radical (unpaired) electrons. The van der Waals surface area contributed by atoms with Crippen molar-refractivity contribution in [2.45, 2.75) is 26.7 Å². The first-order valence-corrected chi connectivity index (χ1v) is 11.3. The lowest BCUT2D eigenvalue weighted by atomic mass is 9.82. The minimum atomic E-state index is -0.350. The van der Waals surface area contributed by atoms with E-state index in [1.807, 2.05) is 55.5 Å². The Hall–Kier alpha value is -3.33. The van der Waals surface area contributed by atoms with Crippen LogP contribution in [0.2, 0.25) is 0 Å². The van der Waals surface area contributed by atoms with E-state index < -0.39 is 0 Å². The third-order valence-electron chi connectivity index (χ3n) is 5.76. The average Bonchev–Trinajstić information content (AvgIpc) is 2.85. The zero-order chi connectivity index (χ0) is 22.8. The third kappa shape index (κ3) is 6.10. The maximum Gasteiger partial charge on any atom is 0.313 e. The monoisotopic (exact) mass is 428 g/mol. The lowest BCUT2D eigenvalue weighted by molar-refractivity contribution is -0.148. The van der Waals surface area contributed by atoms with E-state index in [1.165, 1.54) is 5.56 Å². The Bertz CT molecular complexity index is 950. The van der Waals surface area contributed by atoms with Crippen molar-refractivity contribution >= 4 is 11.5 Å². The molecular weight excluding hydrogens is 396 g/mol. The molecule has 2 unspecified atom stereocenters. The van der Waals surface area contributed by atoms with Crippen LogP contribution in [0.15, 0.2) is 91.0 Å². The molecule has 166 valence electrons. The molecule has 3 aromatic rings. The predicted octanol–water partition coefficient (Wildman–Crippen LogP) is 6.58. The van der Waals surface area contributed by atoms with Crippen LogP contribution in [0.25, 0.3) is 5.57 Å². The van der Waals surface area contributed by atoms with Crippen LogP contribution in [-0.4, -0.2) is 19.7 Å². The van der Waals surface area contributed by atoms with Gasteiger partial charge < -0.3 is 9.47 Å². The van der Waals surface area contributed by atoms with E-state index in [-0.39, 0.29) is 17.8 Å². The maximum absolute atomic E-state index is 13.1. The van der Waals surface area contributed by atoms with Crippen molar-refractivity contribution < 1.29 is 14.3 Å². The van der Waals surface area contributed by atoms with Crippen molar-refractivity contribution in [2.75, 3.05) is 13.7 Å². The summed E-state index contributed by atoms with van der Waals surface area (Å²) in [5.41, 5.74) is 4.42. The summed E-state index contributed by atoms with van der Waals surface area (Å²) in [6.07, 6.45) is 3.76. The van der Waals surface area contributed by atoms with Crippen LogP contribution in [0.1, 0.15) is 37.0 Å². The van der Waals surface area contributed by atoms with Gasteiger partial charge >= 0.3 is 5.97 Å². The molecule has 0 aliphatic carbocycles. The highest BCUT2D eigenvalue weighted by Crippen LogP contribution is 2.31. The number of rotatable bonds is 10. The fourth-order valence-corrected chi connectivity index (χ4v) is 4.00. The lowest BCUT2D eigenvalue weighted by Gasteiger charge is -2.24. The summed E-state index contributed by atoms with van der Waals surface area (Å²) in [6, 6.07) is 28.6. The second-order valence-corrected chi connectivity index (χ2v) is 7.81. The van der Waals surface area contributed by atoms with Crippen molar-refractivity contribution in [1.82, 2.24) is 0 Å². The fourth-order valence-electron chi connectivity index (χ4n) is 4.00. The van der Waals surface area contributed by atoms with Crippen LogP contribution in [0.3, 0.4) is 0 Å². The van der Waals surface area contributed by atoms with Gasteiger partial charge in [-0.05, 0) is 53.7 Å². The highest BCUT2D eigenvalue weighted by molar-refractivity contribution is 5.84. The number of hydrogen-bond donors (Lipinski definition) is 0. The first kappa shape index (κ1) is 23.3. The van der Waals surface area contributed by atoms with Crippen LogP contribution >= 0.6 is 0 Å². The molecule has 0 aromatic heterocycles. The number of hydrogen-bond acceptors (Lipinski definition) is 3. The van der Waals surface area contributed by atoms with Gasteiger partial charge in [0, 0.05) is 0 Å². The van der Waals surface area contributed by atoms with Gasteiger partial charge in [0.05, 0.1) is 19.6 Å². The Labute approximate surface area is 191 Å². The smallest absolute Gasteiger partial charge is 0.313 e. The number of carbonyl (C=O) groups excluding carboxylic acids is 1. The number of methoxy groups -OCH3 is 1. The molecule has 0 amide bonds. The van der Waals surface area contributed by atoms with E-state index in [9.17, 15) is 4.79 Å². The third-order valence-corrected chi connectivity index (χ3v) is 5.76. The van der Waals surface area contributed by atoms with Gasteiger partial charge in [-0.3, -0.25) is 4.79 Å². The Kier molecular flexibility index (Phi) is 8.68. The molecule has 0 bridgehead atoms. The summed E-state index contributed by atoms with van der Waals surface area (Å²) >= 11 is 0. The quantitative estimate of drug-likeness (QED) is 0.342. The highest BCUT2D eigenvalue weighted by atomic mass is 16.5. The van der Waals surface area contributed by atoms with Gasteiger partial charge in [-0.25, -0.2) is 0 Å². The largest absolute Gasteiger partial charge is 0.497 e. The Morgan fingerprint density at radius 3 is 1.88 bits per heavy atom. The van der Waals surface area contributed by atoms with Crippen molar-refractivity contribution in [2.24, 2.45) is 11.8 Å². The molecule has 3 nitrogen and oxygen atoms in total. The molecule has 3 heteroatoms. The van der Waals surface area contributed by atoms with E-state index in [1.54, 1.807) is 7.11 Å². The first-order valence-electron chi connectivity index (χ1n) is 11.3. The van der Waals surface area contributed by atoms with Crippen molar-refractivity contribution in [3.05, 3.63) is 108 Å². The summed E-state index contributed by atoms with van der Waals surface area (Å²) in [6.45, 7) is 4.37. The summed E-state index contributed by atoms with van der Waals surface area (Å²) in [4.78, 5) is 13.1. The number of esters is 1. The topological polar surface area (TPSA) is 35.5 Å². The molecule has 3 rings (SSSR count). The van der Waals surface area contributed by atoms with Gasteiger partial charge in [0.15, 0.2) is 0 Å². The van der Waals surface area contributed by atoms with Gasteiger partial charge in [-0.2, -0.15) is 0 Å². The molecule has 32 heavy (non-hydrogen) atoms. The SMILES string of the molecule is CCOC(=O)C(C=C(c1ccccc1)c1ccccc1)C(CC)Cc1ccc(OC)cc1. The van der Waals surface area contributed by atoms with Crippen molar-refractivity contribution in [1.29, 1.82) is 0 Å². The number of carbonyl (C=O) groups is 1. The molecule has 0 saturated heterocycles. The molecule has 0 fully saturated rings. The molecule has 3 aromatic carbocycles. The summed E-state index contributed by atoms with van der Waals surface area (Å²) in [5.74, 6) is 0.429. The standard InChI is InChI=1S/C29H32O3/c1-4-23(20-22-16-18-26(31-3)19-17-22)28(29(30)32-5-2)21-27(24-12-8-6-9-13-24)25-14-10-7-11-15-25/h6-19,21,23,28H,4-5,20H2,1-3H3. The van der Waals surface area contributed by atoms with E-state index in [4.69, 9.17) is 9.47 Å². The first-order chi connectivity index (χ1) is 15.7. The van der Waals surface area contributed by atoms with E-state index >= 15 is 0 Å². The molecular formula is C29H32O3. The molecule has 0 saturated carbocycles. The molecule has 2 atom stereocenters. The highest BCUT2D eigenvalue weighted by Gasteiger charge is 2.28. The van der Waals surface area contributed by atoms with Gasteiger partial charge in [-0.1, -0.05) is 92.2 Å². The zero-order valence-electron chi connectivity index (χ0n) is 19.2. The van der Waals surface area contributed by atoms with Gasteiger partial charge in [0.1, 0.15) is 5.75 Å². The normalized spacial score (nSPS) is 12.5. The van der Waals surface area contributed by atoms with Gasteiger partial charge in [0.2, 0.25) is 0 Å². The van der Waals surface area contributed by atoms with Crippen LogP contribution < -0.4 is 4.74 Å².